The van der Waals surface area contributed by atoms with Gasteiger partial charge in [-0.1, -0.05) is 47.1 Å². The summed E-state index contributed by atoms with van der Waals surface area (Å²) < 4.78 is 0. The van der Waals surface area contributed by atoms with E-state index in [9.17, 15) is 19.7 Å². The third-order valence-corrected chi connectivity index (χ3v) is 5.47. The molecule has 11 nitrogen and oxygen atoms in total. The van der Waals surface area contributed by atoms with Gasteiger partial charge >= 0.3 is 0 Å². The molecule has 3 aromatic rings. The number of amides is 2. The van der Waals surface area contributed by atoms with Crippen molar-refractivity contribution >= 4 is 57.0 Å². The number of rotatable bonds is 9. The number of oxime groups is 1. The van der Waals surface area contributed by atoms with E-state index < -0.39 is 22.8 Å². The van der Waals surface area contributed by atoms with Crippen LogP contribution >= 0.6 is 22.9 Å². The summed E-state index contributed by atoms with van der Waals surface area (Å²) in [5, 5.41) is 21.7. The number of carbonyl (C=O) groups excluding carboxylic acids is 2. The van der Waals surface area contributed by atoms with Crippen molar-refractivity contribution in [3.63, 3.8) is 0 Å². The van der Waals surface area contributed by atoms with E-state index >= 15 is 0 Å². The van der Waals surface area contributed by atoms with E-state index in [1.54, 1.807) is 24.3 Å². The van der Waals surface area contributed by atoms with Crippen molar-refractivity contribution in [1.29, 1.82) is 0 Å². The summed E-state index contributed by atoms with van der Waals surface area (Å²) in [5.41, 5.74) is 6.40. The van der Waals surface area contributed by atoms with Crippen LogP contribution < -0.4 is 16.4 Å². The molecule has 4 N–H and O–H groups in total. The summed E-state index contributed by atoms with van der Waals surface area (Å²) in [4.78, 5) is 45.3. The fourth-order valence-corrected chi connectivity index (χ4v) is 3.69. The van der Waals surface area contributed by atoms with Gasteiger partial charge in [-0.25, -0.2) is 4.98 Å². The molecule has 0 saturated carbocycles. The summed E-state index contributed by atoms with van der Waals surface area (Å²) in [5.74, 6) is -1.31. The number of non-ortho nitro benzene ring substituents is 1. The van der Waals surface area contributed by atoms with E-state index in [1.807, 2.05) is 6.07 Å². The van der Waals surface area contributed by atoms with Gasteiger partial charge in [0.15, 0.2) is 10.8 Å². The first-order valence-electron chi connectivity index (χ1n) is 9.70. The van der Waals surface area contributed by atoms with Crippen LogP contribution in [0.3, 0.4) is 0 Å². The molecule has 0 radical (unpaired) electrons. The summed E-state index contributed by atoms with van der Waals surface area (Å²) in [7, 11) is 1.27. The second-order valence-corrected chi connectivity index (χ2v) is 8.12. The average molecular weight is 503 g/mol. The fourth-order valence-electron chi connectivity index (χ4n) is 2.92. The molecule has 0 aliphatic heterocycles. The monoisotopic (exact) mass is 502 g/mol. The number of thiazole rings is 1. The molecule has 13 heteroatoms. The summed E-state index contributed by atoms with van der Waals surface area (Å²) in [6.07, 6.45) is 0.141. The van der Waals surface area contributed by atoms with Crippen LogP contribution in [0.1, 0.15) is 11.3 Å². The molecule has 2 amide bonds. The summed E-state index contributed by atoms with van der Waals surface area (Å²) in [6.45, 7) is 0. The van der Waals surface area contributed by atoms with Gasteiger partial charge in [0.2, 0.25) is 5.91 Å². The lowest BCUT2D eigenvalue weighted by Gasteiger charge is -2.19. The molecule has 0 aliphatic carbocycles. The van der Waals surface area contributed by atoms with Gasteiger partial charge in [-0.3, -0.25) is 19.7 Å². The molecule has 2 aromatic carbocycles. The maximum Gasteiger partial charge on any atom is 0.276 e. The highest BCUT2D eigenvalue weighted by Crippen LogP contribution is 2.27. The van der Waals surface area contributed by atoms with E-state index in [0.717, 1.165) is 23.0 Å². The van der Waals surface area contributed by atoms with Crippen LogP contribution in [0.15, 0.2) is 59.1 Å². The number of nitrogens with zero attached hydrogens (tertiary/aromatic N) is 3. The Morgan fingerprint density at radius 2 is 2.03 bits per heavy atom. The van der Waals surface area contributed by atoms with Crippen LogP contribution in [0.4, 0.5) is 16.5 Å². The Bertz CT molecular complexity index is 1230. The third kappa shape index (κ3) is 6.27. The summed E-state index contributed by atoms with van der Waals surface area (Å²) >= 11 is 7.22. The molecule has 0 aliphatic rings. The Morgan fingerprint density at radius 3 is 2.62 bits per heavy atom. The van der Waals surface area contributed by atoms with E-state index in [2.05, 4.69) is 20.8 Å². The Balaban J connectivity index is 1.86. The van der Waals surface area contributed by atoms with Crippen molar-refractivity contribution in [1.82, 2.24) is 10.3 Å². The van der Waals surface area contributed by atoms with E-state index in [1.165, 1.54) is 24.6 Å². The second kappa shape index (κ2) is 11.2. The first kappa shape index (κ1) is 24.6. The Labute approximate surface area is 202 Å². The van der Waals surface area contributed by atoms with E-state index in [4.69, 9.17) is 22.2 Å². The largest absolute Gasteiger partial charge is 0.398 e. The molecular weight excluding hydrogens is 484 g/mol. The number of carbonyl (C=O) groups is 2. The van der Waals surface area contributed by atoms with Crippen molar-refractivity contribution in [2.24, 2.45) is 5.16 Å². The number of hydrogen-bond donors (Lipinski definition) is 3. The number of halogens is 1. The Morgan fingerprint density at radius 1 is 1.29 bits per heavy atom. The van der Waals surface area contributed by atoms with Crippen LogP contribution in [0, 0.1) is 10.1 Å². The van der Waals surface area contributed by atoms with Gasteiger partial charge in [0.1, 0.15) is 18.8 Å². The van der Waals surface area contributed by atoms with Gasteiger partial charge in [-0.15, -0.1) is 11.3 Å². The molecule has 0 bridgehead atoms. The number of benzene rings is 2. The normalized spacial score (nSPS) is 12.0. The zero-order valence-electron chi connectivity index (χ0n) is 17.7. The van der Waals surface area contributed by atoms with Gasteiger partial charge in [0, 0.05) is 23.9 Å². The zero-order chi connectivity index (χ0) is 24.7. The predicted molar refractivity (Wildman–Crippen MR) is 129 cm³/mol. The Kier molecular flexibility index (Phi) is 8.11. The maximum atomic E-state index is 13.1. The van der Waals surface area contributed by atoms with Crippen molar-refractivity contribution in [2.45, 2.75) is 12.5 Å². The molecule has 0 fully saturated rings. The molecule has 0 saturated heterocycles. The Hall–Kier alpha value is -4.03. The first-order valence-corrected chi connectivity index (χ1v) is 11.0. The van der Waals surface area contributed by atoms with Crippen molar-refractivity contribution in [2.75, 3.05) is 18.2 Å². The minimum absolute atomic E-state index is 0.0214. The number of nitro groups is 1. The maximum absolute atomic E-state index is 13.1. The van der Waals surface area contributed by atoms with Crippen LogP contribution in [-0.2, 0) is 20.8 Å². The minimum Gasteiger partial charge on any atom is -0.398 e. The van der Waals surface area contributed by atoms with Crippen LogP contribution in [-0.4, -0.2) is 40.6 Å². The number of nitro benzene ring substituents is 1. The topological polar surface area (TPSA) is 162 Å². The van der Waals surface area contributed by atoms with Crippen LogP contribution in [0.25, 0.3) is 0 Å². The van der Waals surface area contributed by atoms with Crippen LogP contribution in [0.5, 0.6) is 0 Å². The molecule has 1 atom stereocenters. The molecule has 3 rings (SSSR count). The van der Waals surface area contributed by atoms with E-state index in [0.29, 0.717) is 0 Å². The number of aromatic nitrogens is 1. The quantitative estimate of drug-likeness (QED) is 0.230. The molecular formula is C21H19ClN6O5S. The van der Waals surface area contributed by atoms with Gasteiger partial charge in [0.25, 0.3) is 11.6 Å². The van der Waals surface area contributed by atoms with Crippen molar-refractivity contribution < 1.29 is 19.3 Å². The number of hydrogen-bond acceptors (Lipinski definition) is 9. The predicted octanol–water partition coefficient (Wildman–Crippen LogP) is 3.00. The smallest absolute Gasteiger partial charge is 0.276 e. The van der Waals surface area contributed by atoms with Crippen LogP contribution in [0.2, 0.25) is 5.02 Å². The second-order valence-electron chi connectivity index (χ2n) is 6.82. The lowest BCUT2D eigenvalue weighted by atomic mass is 10.0. The lowest BCUT2D eigenvalue weighted by molar-refractivity contribution is -0.384. The fraction of sp³-hybridized carbons (Fsp3) is 0.143. The van der Waals surface area contributed by atoms with Crippen molar-refractivity contribution in [3.05, 3.63) is 80.3 Å². The zero-order valence-corrected chi connectivity index (χ0v) is 19.3. The SMILES string of the molecule is CON=C(C(=O)N[C@@H](Cc1ccccc1)C(=O)Nc1ccc([N+](=O)[O-])cc1Cl)c1csc(N)n1. The highest BCUT2D eigenvalue weighted by molar-refractivity contribution is 7.13. The molecule has 34 heavy (non-hydrogen) atoms. The number of anilines is 2. The number of nitrogens with two attached hydrogens (primary N) is 1. The first-order chi connectivity index (χ1) is 16.3. The minimum atomic E-state index is -1.06. The lowest BCUT2D eigenvalue weighted by Crippen LogP contribution is -2.48. The average Bonchev–Trinajstić information content (AvgIpc) is 3.24. The molecule has 1 heterocycles. The molecule has 0 spiro atoms. The van der Waals surface area contributed by atoms with Gasteiger partial charge in [0.05, 0.1) is 15.6 Å². The van der Waals surface area contributed by atoms with Gasteiger partial charge in [-0.05, 0) is 11.6 Å². The molecule has 0 unspecified atom stereocenters. The summed E-state index contributed by atoms with van der Waals surface area (Å²) in [6, 6.07) is 11.6. The van der Waals surface area contributed by atoms with E-state index in [-0.39, 0.29) is 39.4 Å². The third-order valence-electron chi connectivity index (χ3n) is 4.49. The molecule has 176 valence electrons. The highest BCUT2D eigenvalue weighted by atomic mass is 35.5. The standard InChI is InChI=1S/C21H19ClN6O5S/c1-33-27-18(17-11-34-21(23)26-17)20(30)25-16(9-12-5-3-2-4-6-12)19(29)24-15-8-7-13(28(31)32)10-14(15)22/h2-8,10-11,16H,9H2,1H3,(H2,23,26)(H,24,29)(H,25,30)/t16-/m0/s1. The highest BCUT2D eigenvalue weighted by Gasteiger charge is 2.27. The van der Waals surface area contributed by atoms with Gasteiger partial charge in [-0.2, -0.15) is 0 Å². The molecule has 1 aromatic heterocycles. The number of nitrogen functional groups attached to an aromatic ring is 1. The number of nitrogens with one attached hydrogen (secondary N) is 2. The van der Waals surface area contributed by atoms with Gasteiger partial charge < -0.3 is 21.2 Å². The van der Waals surface area contributed by atoms with Crippen molar-refractivity contribution in [3.8, 4) is 0 Å².